The molecule has 0 bridgehead atoms. The van der Waals surface area contributed by atoms with E-state index in [4.69, 9.17) is 0 Å². The van der Waals surface area contributed by atoms with Gasteiger partial charge in [0.25, 0.3) is 0 Å². The topological polar surface area (TPSA) is 24.1 Å². The predicted molar refractivity (Wildman–Crippen MR) is 60.5 cm³/mol. The van der Waals surface area contributed by atoms with Gasteiger partial charge in [0.05, 0.1) is 0 Å². The van der Waals surface area contributed by atoms with E-state index in [0.717, 1.165) is 12.0 Å². The molecule has 1 aliphatic heterocycles. The van der Waals surface area contributed by atoms with Crippen LogP contribution in [-0.4, -0.2) is 25.7 Å². The maximum Gasteiger partial charge on any atom is 0.00670 e. The molecule has 2 N–H and O–H groups in total. The Morgan fingerprint density at radius 3 is 2.71 bits per heavy atom. The Kier molecular flexibility index (Phi) is 4.26. The van der Waals surface area contributed by atoms with E-state index in [1.807, 2.05) is 0 Å². The first-order valence-electron chi connectivity index (χ1n) is 6.39. The minimum absolute atomic E-state index is 0.875. The summed E-state index contributed by atoms with van der Waals surface area (Å²) in [5.41, 5.74) is 0. The maximum atomic E-state index is 3.64. The molecule has 2 heteroatoms. The summed E-state index contributed by atoms with van der Waals surface area (Å²) in [6.07, 6.45) is 9.94. The number of hydrogen-bond donors (Lipinski definition) is 2. The molecule has 2 rings (SSSR count). The first-order chi connectivity index (χ1) is 6.95. The third kappa shape index (κ3) is 3.25. The zero-order chi connectivity index (χ0) is 9.64. The van der Waals surface area contributed by atoms with Crippen LogP contribution in [0.4, 0.5) is 0 Å². The van der Waals surface area contributed by atoms with Crippen LogP contribution in [0.2, 0.25) is 0 Å². The zero-order valence-corrected chi connectivity index (χ0v) is 9.23. The highest BCUT2D eigenvalue weighted by Crippen LogP contribution is 2.19. The molecule has 0 spiro atoms. The summed E-state index contributed by atoms with van der Waals surface area (Å²) >= 11 is 0. The van der Waals surface area contributed by atoms with E-state index in [2.05, 4.69) is 10.6 Å². The predicted octanol–water partition coefficient (Wildman–Crippen LogP) is 1.91. The number of nitrogens with one attached hydrogen (secondary N) is 2. The van der Waals surface area contributed by atoms with Crippen molar-refractivity contribution in [3.63, 3.8) is 0 Å². The van der Waals surface area contributed by atoms with Gasteiger partial charge >= 0.3 is 0 Å². The van der Waals surface area contributed by atoms with E-state index in [1.165, 1.54) is 64.6 Å². The molecule has 2 fully saturated rings. The normalized spacial score (nSPS) is 28.7. The average Bonchev–Trinajstić information content (AvgIpc) is 2.16. The summed E-state index contributed by atoms with van der Waals surface area (Å²) < 4.78 is 0. The highest BCUT2D eigenvalue weighted by atomic mass is 14.9. The zero-order valence-electron chi connectivity index (χ0n) is 9.23. The maximum absolute atomic E-state index is 3.64. The van der Waals surface area contributed by atoms with Gasteiger partial charge in [0.2, 0.25) is 0 Å². The van der Waals surface area contributed by atoms with Gasteiger partial charge in [0.1, 0.15) is 0 Å². The molecule has 0 aromatic rings. The van der Waals surface area contributed by atoms with Gasteiger partial charge in [-0.05, 0) is 64.1 Å². The quantitative estimate of drug-likeness (QED) is 0.656. The van der Waals surface area contributed by atoms with Gasteiger partial charge in [-0.3, -0.25) is 0 Å². The third-order valence-electron chi connectivity index (χ3n) is 3.73. The molecule has 0 aromatic heterocycles. The molecule has 2 aliphatic rings. The van der Waals surface area contributed by atoms with Crippen molar-refractivity contribution in [2.45, 2.75) is 51.0 Å². The lowest BCUT2D eigenvalue weighted by molar-refractivity contribution is 0.316. The Morgan fingerprint density at radius 1 is 1.14 bits per heavy atom. The first kappa shape index (κ1) is 10.4. The molecule has 1 unspecified atom stereocenters. The Hall–Kier alpha value is -0.0800. The minimum atomic E-state index is 0.875. The molecule has 1 saturated heterocycles. The fourth-order valence-electron chi connectivity index (χ4n) is 2.48. The van der Waals surface area contributed by atoms with Crippen molar-refractivity contribution in [1.82, 2.24) is 10.6 Å². The van der Waals surface area contributed by atoms with Crippen LogP contribution in [0.15, 0.2) is 0 Å². The molecular weight excluding hydrogens is 172 g/mol. The Labute approximate surface area is 87.8 Å². The Morgan fingerprint density at radius 2 is 2.07 bits per heavy atom. The van der Waals surface area contributed by atoms with Crippen molar-refractivity contribution < 1.29 is 0 Å². The van der Waals surface area contributed by atoms with E-state index >= 15 is 0 Å². The van der Waals surface area contributed by atoms with Crippen molar-refractivity contribution in [2.24, 2.45) is 5.92 Å². The third-order valence-corrected chi connectivity index (χ3v) is 3.73. The van der Waals surface area contributed by atoms with E-state index < -0.39 is 0 Å². The van der Waals surface area contributed by atoms with E-state index in [0.29, 0.717) is 0 Å². The Balaban J connectivity index is 1.45. The van der Waals surface area contributed by atoms with Crippen LogP contribution >= 0.6 is 0 Å². The molecule has 14 heavy (non-hydrogen) atoms. The van der Waals surface area contributed by atoms with Crippen molar-refractivity contribution in [2.75, 3.05) is 19.6 Å². The van der Waals surface area contributed by atoms with Crippen molar-refractivity contribution in [3.05, 3.63) is 0 Å². The van der Waals surface area contributed by atoms with Gasteiger partial charge in [-0.1, -0.05) is 6.42 Å². The summed E-state index contributed by atoms with van der Waals surface area (Å²) in [6.45, 7) is 3.77. The van der Waals surface area contributed by atoms with Crippen LogP contribution in [0.1, 0.15) is 44.9 Å². The molecule has 82 valence electrons. The van der Waals surface area contributed by atoms with Gasteiger partial charge in [0, 0.05) is 6.04 Å². The lowest BCUT2D eigenvalue weighted by Gasteiger charge is -2.27. The van der Waals surface area contributed by atoms with Crippen molar-refractivity contribution in [1.29, 1.82) is 0 Å². The highest BCUT2D eigenvalue weighted by Gasteiger charge is 2.16. The second-order valence-electron chi connectivity index (χ2n) is 4.94. The largest absolute Gasteiger partial charge is 0.316 e. The second-order valence-corrected chi connectivity index (χ2v) is 4.94. The van der Waals surface area contributed by atoms with Gasteiger partial charge in [-0.25, -0.2) is 0 Å². The van der Waals surface area contributed by atoms with Gasteiger partial charge in [-0.15, -0.1) is 0 Å². The van der Waals surface area contributed by atoms with E-state index in [-0.39, 0.29) is 0 Å². The van der Waals surface area contributed by atoms with Crippen LogP contribution < -0.4 is 10.6 Å². The van der Waals surface area contributed by atoms with Gasteiger partial charge in [0.15, 0.2) is 0 Å². The molecule has 1 saturated carbocycles. The van der Waals surface area contributed by atoms with E-state index in [9.17, 15) is 0 Å². The fraction of sp³-hybridized carbons (Fsp3) is 1.00. The summed E-state index contributed by atoms with van der Waals surface area (Å²) in [4.78, 5) is 0. The minimum Gasteiger partial charge on any atom is -0.316 e. The van der Waals surface area contributed by atoms with E-state index in [1.54, 1.807) is 0 Å². The molecular formula is C12H24N2. The van der Waals surface area contributed by atoms with Crippen LogP contribution in [0.5, 0.6) is 0 Å². The van der Waals surface area contributed by atoms with Gasteiger partial charge in [-0.2, -0.15) is 0 Å². The van der Waals surface area contributed by atoms with Crippen molar-refractivity contribution >= 4 is 0 Å². The summed E-state index contributed by atoms with van der Waals surface area (Å²) in [6, 6.07) is 0.875. The summed E-state index contributed by atoms with van der Waals surface area (Å²) in [5.74, 6) is 0.965. The highest BCUT2D eigenvalue weighted by molar-refractivity contribution is 4.76. The molecule has 0 amide bonds. The average molecular weight is 196 g/mol. The molecule has 1 heterocycles. The Bertz CT molecular complexity index is 148. The lowest BCUT2D eigenvalue weighted by atomic mass is 9.92. The van der Waals surface area contributed by atoms with Crippen molar-refractivity contribution in [3.8, 4) is 0 Å². The van der Waals surface area contributed by atoms with Gasteiger partial charge < -0.3 is 10.6 Å². The molecule has 1 aliphatic carbocycles. The first-order valence-corrected chi connectivity index (χ1v) is 6.39. The van der Waals surface area contributed by atoms with Crippen LogP contribution in [0.25, 0.3) is 0 Å². The monoisotopic (exact) mass is 196 g/mol. The van der Waals surface area contributed by atoms with Crippen LogP contribution in [0.3, 0.4) is 0 Å². The SMILES string of the molecule is C1CNCC(CCCNC2CCC2)C1. The molecule has 1 atom stereocenters. The molecule has 2 nitrogen and oxygen atoms in total. The summed E-state index contributed by atoms with van der Waals surface area (Å²) in [7, 11) is 0. The number of rotatable bonds is 5. The lowest BCUT2D eigenvalue weighted by Crippen LogP contribution is -2.36. The van der Waals surface area contributed by atoms with Crippen LogP contribution in [0, 0.1) is 5.92 Å². The smallest absolute Gasteiger partial charge is 0.00670 e. The molecule has 0 aromatic carbocycles. The number of piperidine rings is 1. The van der Waals surface area contributed by atoms with Crippen LogP contribution in [-0.2, 0) is 0 Å². The summed E-state index contributed by atoms with van der Waals surface area (Å²) in [5, 5.41) is 7.12. The fourth-order valence-corrected chi connectivity index (χ4v) is 2.48. The number of hydrogen-bond acceptors (Lipinski definition) is 2. The standard InChI is InChI=1S/C12H24N2/c1-6-12(7-1)14-9-3-5-11-4-2-8-13-10-11/h11-14H,1-10H2. The molecule has 0 radical (unpaired) electrons. The second kappa shape index (κ2) is 5.72.